The first-order valence-electron chi connectivity index (χ1n) is 12.9. The summed E-state index contributed by atoms with van der Waals surface area (Å²) in [7, 11) is 0. The van der Waals surface area contributed by atoms with Crippen LogP contribution in [0.15, 0.2) is 35.7 Å². The lowest BCUT2D eigenvalue weighted by atomic mass is 9.87. The molecule has 36 heavy (non-hydrogen) atoms. The van der Waals surface area contributed by atoms with Crippen LogP contribution in [0.25, 0.3) is 0 Å². The number of nitrogens with zero attached hydrogens (tertiary/aromatic N) is 5. The second-order valence-corrected chi connectivity index (χ2v) is 10.7. The lowest BCUT2D eigenvalue weighted by molar-refractivity contribution is -0.132. The highest BCUT2D eigenvalue weighted by molar-refractivity contribution is 7.14. The second-order valence-electron chi connectivity index (χ2n) is 9.84. The molecule has 1 aromatic carbocycles. The van der Waals surface area contributed by atoms with Crippen LogP contribution in [0, 0.1) is 13.8 Å². The van der Waals surface area contributed by atoms with Crippen molar-refractivity contribution < 1.29 is 9.59 Å². The summed E-state index contributed by atoms with van der Waals surface area (Å²) in [4.78, 5) is 34.9. The van der Waals surface area contributed by atoms with Gasteiger partial charge in [-0.15, -0.1) is 11.3 Å². The van der Waals surface area contributed by atoms with Crippen molar-refractivity contribution in [3.05, 3.63) is 58.4 Å². The van der Waals surface area contributed by atoms with Crippen LogP contribution in [-0.2, 0) is 11.3 Å². The number of aromatic nitrogens is 3. The minimum absolute atomic E-state index is 0.0735. The van der Waals surface area contributed by atoms with E-state index in [-0.39, 0.29) is 18.4 Å². The number of rotatable bonds is 6. The van der Waals surface area contributed by atoms with Crippen molar-refractivity contribution in [1.29, 1.82) is 0 Å². The number of carbonyl (C=O) groups excluding carboxylic acids is 2. The van der Waals surface area contributed by atoms with E-state index in [1.54, 1.807) is 4.68 Å². The van der Waals surface area contributed by atoms with Crippen molar-refractivity contribution in [3.8, 4) is 0 Å². The number of para-hydroxylation sites is 1. The topological polar surface area (TPSA) is 83.4 Å². The minimum atomic E-state index is -0.141. The number of nitrogens with one attached hydrogen (secondary N) is 1. The van der Waals surface area contributed by atoms with Crippen molar-refractivity contribution in [3.63, 3.8) is 0 Å². The Balaban J connectivity index is 1.20. The zero-order valence-electron chi connectivity index (χ0n) is 21.1. The SMILES string of the molecule is Cc1cc(C)n(CC(=O)N2CCN(c3ccccc3C(=O)Nc3nc(C4CCCCC4)cs3)CC2)n1. The molecule has 3 heterocycles. The van der Waals surface area contributed by atoms with E-state index in [9.17, 15) is 9.59 Å². The second kappa shape index (κ2) is 10.8. The molecule has 8 nitrogen and oxygen atoms in total. The van der Waals surface area contributed by atoms with Crippen LogP contribution < -0.4 is 10.2 Å². The first-order valence-corrected chi connectivity index (χ1v) is 13.8. The maximum atomic E-state index is 13.2. The zero-order chi connectivity index (χ0) is 25.1. The van der Waals surface area contributed by atoms with Gasteiger partial charge in [0.2, 0.25) is 5.91 Å². The molecule has 1 saturated carbocycles. The van der Waals surface area contributed by atoms with Crippen LogP contribution in [-0.4, -0.2) is 57.7 Å². The lowest BCUT2D eigenvalue weighted by Crippen LogP contribution is -2.50. The molecule has 0 unspecified atom stereocenters. The molecule has 0 bridgehead atoms. The first kappa shape index (κ1) is 24.5. The Kier molecular flexibility index (Phi) is 7.36. The van der Waals surface area contributed by atoms with E-state index in [0.717, 1.165) is 22.8 Å². The number of benzene rings is 1. The highest BCUT2D eigenvalue weighted by Crippen LogP contribution is 2.34. The van der Waals surface area contributed by atoms with E-state index in [2.05, 4.69) is 20.7 Å². The predicted molar refractivity (Wildman–Crippen MR) is 143 cm³/mol. The molecule has 9 heteroatoms. The average Bonchev–Trinajstić information content (AvgIpc) is 3.49. The molecule has 1 aliphatic heterocycles. The molecular weight excluding hydrogens is 472 g/mol. The quantitative estimate of drug-likeness (QED) is 0.528. The third-order valence-electron chi connectivity index (χ3n) is 7.28. The summed E-state index contributed by atoms with van der Waals surface area (Å²) in [5.41, 5.74) is 4.55. The Labute approximate surface area is 216 Å². The number of hydrogen-bond donors (Lipinski definition) is 1. The minimum Gasteiger partial charge on any atom is -0.367 e. The van der Waals surface area contributed by atoms with E-state index in [1.165, 1.54) is 43.4 Å². The molecule has 2 aliphatic rings. The Bertz CT molecular complexity index is 1220. The summed E-state index contributed by atoms with van der Waals surface area (Å²) in [6.45, 7) is 6.75. The van der Waals surface area contributed by atoms with Gasteiger partial charge in [-0.05, 0) is 44.9 Å². The Morgan fingerprint density at radius 2 is 1.81 bits per heavy atom. The van der Waals surface area contributed by atoms with Gasteiger partial charge in [0, 0.05) is 48.9 Å². The van der Waals surface area contributed by atoms with E-state index in [4.69, 9.17) is 4.98 Å². The van der Waals surface area contributed by atoms with E-state index < -0.39 is 0 Å². The Morgan fingerprint density at radius 3 is 2.53 bits per heavy atom. The average molecular weight is 507 g/mol. The summed E-state index contributed by atoms with van der Waals surface area (Å²) < 4.78 is 1.77. The van der Waals surface area contributed by atoms with Gasteiger partial charge >= 0.3 is 0 Å². The number of aryl methyl sites for hydroxylation is 2. The number of piperazine rings is 1. The van der Waals surface area contributed by atoms with Crippen molar-refractivity contribution in [2.75, 3.05) is 36.4 Å². The Morgan fingerprint density at radius 1 is 1.06 bits per heavy atom. The van der Waals surface area contributed by atoms with Crippen molar-refractivity contribution in [2.45, 2.75) is 58.4 Å². The highest BCUT2D eigenvalue weighted by atomic mass is 32.1. The molecular formula is C27H34N6O2S. The third-order valence-corrected chi connectivity index (χ3v) is 8.05. The molecule has 0 radical (unpaired) electrons. The maximum Gasteiger partial charge on any atom is 0.259 e. The van der Waals surface area contributed by atoms with Gasteiger partial charge in [0.1, 0.15) is 6.54 Å². The van der Waals surface area contributed by atoms with Crippen molar-refractivity contribution in [1.82, 2.24) is 19.7 Å². The summed E-state index contributed by atoms with van der Waals surface area (Å²) in [5, 5.41) is 10.2. The molecule has 2 fully saturated rings. The Hall–Kier alpha value is -3.20. The third kappa shape index (κ3) is 5.46. The molecule has 5 rings (SSSR count). The van der Waals surface area contributed by atoms with Crippen LogP contribution in [0.3, 0.4) is 0 Å². The van der Waals surface area contributed by atoms with Crippen LogP contribution in [0.5, 0.6) is 0 Å². The molecule has 2 aromatic heterocycles. The number of carbonyl (C=O) groups is 2. The monoisotopic (exact) mass is 506 g/mol. The summed E-state index contributed by atoms with van der Waals surface area (Å²) >= 11 is 1.51. The fourth-order valence-corrected chi connectivity index (χ4v) is 6.08. The number of thiazole rings is 1. The van der Waals surface area contributed by atoms with Crippen LogP contribution in [0.2, 0.25) is 0 Å². The molecule has 1 N–H and O–H groups in total. The van der Waals surface area contributed by atoms with Crippen LogP contribution in [0.4, 0.5) is 10.8 Å². The number of amides is 2. The lowest BCUT2D eigenvalue weighted by Gasteiger charge is -2.36. The fraction of sp³-hybridized carbons (Fsp3) is 0.481. The molecule has 190 valence electrons. The smallest absolute Gasteiger partial charge is 0.259 e. The van der Waals surface area contributed by atoms with Gasteiger partial charge in [0.15, 0.2) is 5.13 Å². The summed E-state index contributed by atoms with van der Waals surface area (Å²) in [6.07, 6.45) is 6.22. The van der Waals surface area contributed by atoms with Gasteiger partial charge in [-0.1, -0.05) is 31.4 Å². The number of anilines is 2. The van der Waals surface area contributed by atoms with Gasteiger partial charge in [-0.2, -0.15) is 5.10 Å². The molecule has 2 amide bonds. The van der Waals surface area contributed by atoms with E-state index in [1.807, 2.05) is 49.1 Å². The maximum absolute atomic E-state index is 13.2. The molecule has 1 aliphatic carbocycles. The van der Waals surface area contributed by atoms with E-state index >= 15 is 0 Å². The largest absolute Gasteiger partial charge is 0.367 e. The predicted octanol–water partition coefficient (Wildman–Crippen LogP) is 4.61. The van der Waals surface area contributed by atoms with Gasteiger partial charge < -0.3 is 9.80 Å². The van der Waals surface area contributed by atoms with Gasteiger partial charge in [0.05, 0.1) is 17.0 Å². The first-order chi connectivity index (χ1) is 17.5. The summed E-state index contributed by atoms with van der Waals surface area (Å²) in [5.74, 6) is 0.454. The molecule has 0 atom stereocenters. The van der Waals surface area contributed by atoms with E-state index in [0.29, 0.717) is 42.8 Å². The fourth-order valence-electron chi connectivity index (χ4n) is 5.30. The molecule has 1 saturated heterocycles. The van der Waals surface area contributed by atoms with Crippen LogP contribution in [0.1, 0.15) is 65.5 Å². The van der Waals surface area contributed by atoms with Gasteiger partial charge in [-0.3, -0.25) is 19.6 Å². The zero-order valence-corrected chi connectivity index (χ0v) is 21.9. The molecule has 0 spiro atoms. The highest BCUT2D eigenvalue weighted by Gasteiger charge is 2.25. The molecule has 3 aromatic rings. The number of hydrogen-bond acceptors (Lipinski definition) is 6. The van der Waals surface area contributed by atoms with Gasteiger partial charge in [-0.25, -0.2) is 4.98 Å². The van der Waals surface area contributed by atoms with Crippen molar-refractivity contribution in [2.24, 2.45) is 0 Å². The normalized spacial score (nSPS) is 16.8. The van der Waals surface area contributed by atoms with Crippen molar-refractivity contribution >= 4 is 34.0 Å². The van der Waals surface area contributed by atoms with Gasteiger partial charge in [0.25, 0.3) is 5.91 Å². The summed E-state index contributed by atoms with van der Waals surface area (Å²) in [6, 6.07) is 9.67. The van der Waals surface area contributed by atoms with Crippen LogP contribution >= 0.6 is 11.3 Å². The standard InChI is InChI=1S/C27H34N6O2S/c1-19-16-20(2)33(30-19)17-25(34)32-14-12-31(13-15-32)24-11-7-6-10-22(24)26(35)29-27-28-23(18-36-27)21-8-4-3-5-9-21/h6-7,10-11,16,18,21H,3-5,8-9,12-15,17H2,1-2H3,(H,28,29,35).